The highest BCUT2D eigenvalue weighted by Gasteiger charge is 2.19. The molecule has 2 N–H and O–H groups in total. The van der Waals surface area contributed by atoms with E-state index in [4.69, 9.17) is 0 Å². The van der Waals surface area contributed by atoms with E-state index in [9.17, 15) is 13.6 Å². The molecule has 0 saturated carbocycles. The summed E-state index contributed by atoms with van der Waals surface area (Å²) in [6.07, 6.45) is 0. The van der Waals surface area contributed by atoms with Crippen molar-refractivity contribution < 1.29 is 13.6 Å². The molecule has 2 heterocycles. The third kappa shape index (κ3) is 3.80. The van der Waals surface area contributed by atoms with Crippen LogP contribution in [-0.2, 0) is 4.79 Å². The lowest BCUT2D eigenvalue weighted by atomic mass is 10.3. The molecule has 0 radical (unpaired) electrons. The predicted octanol–water partition coefficient (Wildman–Crippen LogP) is 3.93. The number of anilines is 1. The van der Waals surface area contributed by atoms with Crippen molar-refractivity contribution in [2.45, 2.75) is 17.3 Å². The molecule has 124 valence electrons. The number of hydrogen-bond acceptors (Lipinski definition) is 5. The predicted molar refractivity (Wildman–Crippen MR) is 90.0 cm³/mol. The quantitative estimate of drug-likeness (QED) is 0.671. The fourth-order valence-electron chi connectivity index (χ4n) is 1.86. The van der Waals surface area contributed by atoms with E-state index < -0.39 is 22.8 Å². The Morgan fingerprint density at radius 3 is 2.96 bits per heavy atom. The smallest absolute Gasteiger partial charge is 0.237 e. The van der Waals surface area contributed by atoms with E-state index in [0.29, 0.717) is 11.0 Å². The van der Waals surface area contributed by atoms with Crippen molar-refractivity contribution in [2.75, 3.05) is 5.32 Å². The molecule has 24 heavy (non-hydrogen) atoms. The van der Waals surface area contributed by atoms with Crippen LogP contribution in [0.25, 0.3) is 10.7 Å². The number of hydrogen-bond donors (Lipinski definition) is 2. The average Bonchev–Trinajstić information content (AvgIpc) is 3.21. The molecule has 1 aromatic carbocycles. The van der Waals surface area contributed by atoms with E-state index >= 15 is 0 Å². The Balaban J connectivity index is 1.65. The summed E-state index contributed by atoms with van der Waals surface area (Å²) >= 11 is 2.64. The van der Waals surface area contributed by atoms with Gasteiger partial charge in [0.2, 0.25) is 11.1 Å². The molecule has 3 rings (SSSR count). The first kappa shape index (κ1) is 16.6. The van der Waals surface area contributed by atoms with Gasteiger partial charge in [-0.15, -0.1) is 16.4 Å². The third-order valence-corrected chi connectivity index (χ3v) is 4.89. The molecule has 3 aromatic rings. The van der Waals surface area contributed by atoms with Crippen LogP contribution in [0.15, 0.2) is 40.9 Å². The molecule has 5 nitrogen and oxygen atoms in total. The van der Waals surface area contributed by atoms with Crippen molar-refractivity contribution in [3.05, 3.63) is 47.3 Å². The number of benzene rings is 1. The number of thiophene rings is 1. The zero-order valence-electron chi connectivity index (χ0n) is 12.4. The van der Waals surface area contributed by atoms with E-state index in [1.807, 2.05) is 17.5 Å². The van der Waals surface area contributed by atoms with Crippen LogP contribution in [-0.4, -0.2) is 26.3 Å². The van der Waals surface area contributed by atoms with Crippen molar-refractivity contribution in [1.29, 1.82) is 0 Å². The van der Waals surface area contributed by atoms with Gasteiger partial charge < -0.3 is 5.32 Å². The molecule has 0 spiro atoms. The second-order valence-corrected chi connectivity index (χ2v) is 7.07. The number of H-pyrrole nitrogens is 1. The van der Waals surface area contributed by atoms with E-state index in [-0.39, 0.29) is 5.69 Å². The Labute approximate surface area is 144 Å². The summed E-state index contributed by atoms with van der Waals surface area (Å²) in [5.74, 6) is -1.16. The number of carbonyl (C=O) groups is 1. The lowest BCUT2D eigenvalue weighted by molar-refractivity contribution is -0.115. The lowest BCUT2D eigenvalue weighted by Crippen LogP contribution is -2.23. The van der Waals surface area contributed by atoms with Gasteiger partial charge in [-0.2, -0.15) is 0 Å². The van der Waals surface area contributed by atoms with Gasteiger partial charge in [0.1, 0.15) is 11.6 Å². The SMILES string of the molecule is C[C@@H](Sc1n[nH]c(-c2cccs2)n1)C(=O)Nc1cc(F)ccc1F. The van der Waals surface area contributed by atoms with Crippen LogP contribution in [0.5, 0.6) is 0 Å². The van der Waals surface area contributed by atoms with Gasteiger partial charge in [-0.3, -0.25) is 9.89 Å². The summed E-state index contributed by atoms with van der Waals surface area (Å²) in [7, 11) is 0. The lowest BCUT2D eigenvalue weighted by Gasteiger charge is -2.10. The number of carbonyl (C=O) groups excluding carboxylic acids is 1. The fourth-order valence-corrected chi connectivity index (χ4v) is 3.25. The Bertz CT molecular complexity index is 851. The minimum absolute atomic E-state index is 0.193. The Morgan fingerprint density at radius 2 is 2.21 bits per heavy atom. The minimum Gasteiger partial charge on any atom is -0.323 e. The van der Waals surface area contributed by atoms with Gasteiger partial charge in [0, 0.05) is 6.07 Å². The molecule has 0 bridgehead atoms. The summed E-state index contributed by atoms with van der Waals surface area (Å²) in [4.78, 5) is 17.4. The molecule has 0 unspecified atom stereocenters. The zero-order valence-corrected chi connectivity index (χ0v) is 14.0. The number of nitrogens with one attached hydrogen (secondary N) is 2. The molecule has 1 atom stereocenters. The van der Waals surface area contributed by atoms with Gasteiger partial charge in [0.25, 0.3) is 0 Å². The van der Waals surface area contributed by atoms with Gasteiger partial charge in [-0.05, 0) is 30.5 Å². The molecule has 1 amide bonds. The summed E-state index contributed by atoms with van der Waals surface area (Å²) in [5, 5.41) is 11.0. The van der Waals surface area contributed by atoms with Crippen molar-refractivity contribution in [1.82, 2.24) is 15.2 Å². The largest absolute Gasteiger partial charge is 0.323 e. The van der Waals surface area contributed by atoms with E-state index in [1.165, 1.54) is 11.3 Å². The molecule has 0 aliphatic rings. The maximum absolute atomic E-state index is 13.6. The first-order chi connectivity index (χ1) is 11.5. The third-order valence-electron chi connectivity index (χ3n) is 3.06. The van der Waals surface area contributed by atoms with Crippen LogP contribution in [0.4, 0.5) is 14.5 Å². The molecular formula is C15H12F2N4OS2. The molecular weight excluding hydrogens is 354 g/mol. The van der Waals surface area contributed by atoms with Crippen LogP contribution in [0.3, 0.4) is 0 Å². The van der Waals surface area contributed by atoms with E-state index in [0.717, 1.165) is 34.8 Å². The fraction of sp³-hybridized carbons (Fsp3) is 0.133. The standard InChI is InChI=1S/C15H12F2N4OS2/c1-8(14(22)18-11-7-9(16)4-5-10(11)17)24-15-19-13(20-21-15)12-3-2-6-23-12/h2-8H,1H3,(H,18,22)(H,19,20,21)/t8-/m1/s1. The summed E-state index contributed by atoms with van der Waals surface area (Å²) in [6, 6.07) is 6.70. The van der Waals surface area contributed by atoms with Crippen molar-refractivity contribution in [3.63, 3.8) is 0 Å². The molecule has 2 aromatic heterocycles. The number of halogens is 2. The maximum Gasteiger partial charge on any atom is 0.237 e. The molecule has 9 heteroatoms. The van der Waals surface area contributed by atoms with Crippen LogP contribution in [0, 0.1) is 11.6 Å². The summed E-state index contributed by atoms with van der Waals surface area (Å²) in [6.45, 7) is 1.64. The monoisotopic (exact) mass is 366 g/mol. The maximum atomic E-state index is 13.6. The highest BCUT2D eigenvalue weighted by atomic mass is 32.2. The minimum atomic E-state index is -0.695. The van der Waals surface area contributed by atoms with E-state index in [2.05, 4.69) is 20.5 Å². The Hall–Kier alpha value is -2.26. The second kappa shape index (κ2) is 7.10. The number of aromatic nitrogens is 3. The highest BCUT2D eigenvalue weighted by molar-refractivity contribution is 8.00. The van der Waals surface area contributed by atoms with Gasteiger partial charge in [-0.25, -0.2) is 13.8 Å². The molecule has 0 aliphatic heterocycles. The van der Waals surface area contributed by atoms with Crippen LogP contribution < -0.4 is 5.32 Å². The molecule has 0 fully saturated rings. The number of nitrogens with zero attached hydrogens (tertiary/aromatic N) is 2. The second-order valence-electron chi connectivity index (χ2n) is 4.82. The topological polar surface area (TPSA) is 70.7 Å². The van der Waals surface area contributed by atoms with Gasteiger partial charge in [0.05, 0.1) is 15.8 Å². The van der Waals surface area contributed by atoms with Crippen LogP contribution >= 0.6 is 23.1 Å². The first-order valence-corrected chi connectivity index (χ1v) is 8.67. The summed E-state index contributed by atoms with van der Waals surface area (Å²) < 4.78 is 26.7. The normalized spacial score (nSPS) is 12.1. The number of amides is 1. The summed E-state index contributed by atoms with van der Waals surface area (Å²) in [5.41, 5.74) is -0.193. The van der Waals surface area contributed by atoms with Crippen molar-refractivity contribution in [2.24, 2.45) is 0 Å². The number of thioether (sulfide) groups is 1. The van der Waals surface area contributed by atoms with Gasteiger partial charge in [-0.1, -0.05) is 17.8 Å². The molecule has 0 aliphatic carbocycles. The zero-order chi connectivity index (χ0) is 17.1. The first-order valence-electron chi connectivity index (χ1n) is 6.92. The van der Waals surface area contributed by atoms with Crippen molar-refractivity contribution in [3.8, 4) is 10.7 Å². The Morgan fingerprint density at radius 1 is 1.38 bits per heavy atom. The van der Waals surface area contributed by atoms with Crippen LogP contribution in [0.1, 0.15) is 6.92 Å². The van der Waals surface area contributed by atoms with E-state index in [1.54, 1.807) is 6.92 Å². The number of aromatic amines is 1. The highest BCUT2D eigenvalue weighted by Crippen LogP contribution is 2.26. The van der Waals surface area contributed by atoms with Gasteiger partial charge in [0.15, 0.2) is 5.82 Å². The Kier molecular flexibility index (Phi) is 4.91. The molecule has 0 saturated heterocycles. The number of rotatable bonds is 5. The van der Waals surface area contributed by atoms with Gasteiger partial charge >= 0.3 is 0 Å². The van der Waals surface area contributed by atoms with Crippen molar-refractivity contribution >= 4 is 34.7 Å². The average molecular weight is 366 g/mol. The van der Waals surface area contributed by atoms with Crippen LogP contribution in [0.2, 0.25) is 0 Å².